The van der Waals surface area contributed by atoms with Gasteiger partial charge in [0.05, 0.1) is 16.7 Å². The van der Waals surface area contributed by atoms with E-state index in [4.69, 9.17) is 14.2 Å². The van der Waals surface area contributed by atoms with Crippen LogP contribution in [-0.2, 0) is 0 Å². The van der Waals surface area contributed by atoms with Crippen molar-refractivity contribution in [3.05, 3.63) is 255 Å². The lowest BCUT2D eigenvalue weighted by atomic mass is 9.31. The molecule has 0 fully saturated rings. The number of aromatic nitrogens is 1. The minimum Gasteiger partial charge on any atom is -0.459 e. The number of benzene rings is 11. The number of hydrogen-bond acceptors (Lipinski definition) is 4. The summed E-state index contributed by atoms with van der Waals surface area (Å²) in [6.45, 7) is -0.651. The normalized spacial score (nSPS) is 12.9. The largest absolute Gasteiger partial charge is 0.459 e. The summed E-state index contributed by atoms with van der Waals surface area (Å²) in [5.41, 5.74) is 16.9. The fraction of sp³-hybridized carbons (Fsp3) is 0. The molecule has 7 heteroatoms. The van der Waals surface area contributed by atoms with Crippen molar-refractivity contribution in [2.45, 2.75) is 0 Å². The maximum atomic E-state index is 7.55. The van der Waals surface area contributed by atoms with Crippen molar-refractivity contribution >= 4 is 85.1 Å². The van der Waals surface area contributed by atoms with Gasteiger partial charge >= 0.3 is 0 Å². The van der Waals surface area contributed by atoms with E-state index in [-0.39, 0.29) is 13.4 Å². The van der Waals surface area contributed by atoms with Gasteiger partial charge in [0.25, 0.3) is 13.4 Å². The van der Waals surface area contributed by atoms with Gasteiger partial charge in [0.15, 0.2) is 17.2 Å². The molecule has 3 aliphatic rings. The first-order valence-electron chi connectivity index (χ1n) is 25.0. The Balaban J connectivity index is 1.08. The molecular formula is C66H42B2N2O3. The maximum absolute atomic E-state index is 7.55. The Hall–Kier alpha value is -9.45. The van der Waals surface area contributed by atoms with E-state index in [9.17, 15) is 0 Å². The highest BCUT2D eigenvalue weighted by Gasteiger charge is 2.49. The lowest BCUT2D eigenvalue weighted by Crippen LogP contribution is -2.61. The molecule has 3 aliphatic heterocycles. The highest BCUT2D eigenvalue weighted by Crippen LogP contribution is 2.56. The monoisotopic (exact) mass is 932 g/mol. The number of fused-ring (bicyclic) bond motifs is 12. The summed E-state index contributed by atoms with van der Waals surface area (Å²) in [5, 5.41) is 2.42. The SMILES string of the molecule is c1ccc(-c2ccccc2B2c3ccccc3Oc3c2c2c(c4c3N(c3cccc(-n5c6ccccc6c6ccccc65)c3)c3ccccc3O4)B(c3ccccc3-c3ccccc3)c3ccccc3O2)cc1. The summed E-state index contributed by atoms with van der Waals surface area (Å²) in [4.78, 5) is 2.37. The van der Waals surface area contributed by atoms with Crippen LogP contribution in [0.1, 0.15) is 0 Å². The molecule has 0 amide bonds. The molecule has 11 aromatic carbocycles. The molecule has 0 spiro atoms. The van der Waals surface area contributed by atoms with Crippen molar-refractivity contribution in [2.24, 2.45) is 0 Å². The van der Waals surface area contributed by atoms with Crippen molar-refractivity contribution in [3.8, 4) is 62.4 Å². The van der Waals surface area contributed by atoms with E-state index < -0.39 is 0 Å². The van der Waals surface area contributed by atoms with Crippen LogP contribution in [0.3, 0.4) is 0 Å². The van der Waals surface area contributed by atoms with E-state index in [1.165, 1.54) is 10.8 Å². The van der Waals surface area contributed by atoms with Crippen LogP contribution < -0.4 is 51.9 Å². The van der Waals surface area contributed by atoms with Gasteiger partial charge in [0.1, 0.15) is 22.9 Å². The van der Waals surface area contributed by atoms with Crippen LogP contribution in [0.2, 0.25) is 0 Å². The molecule has 0 saturated carbocycles. The highest BCUT2D eigenvalue weighted by atomic mass is 16.5. The average Bonchev–Trinajstić information content (AvgIpc) is 3.83. The van der Waals surface area contributed by atoms with E-state index in [1.807, 2.05) is 0 Å². The first kappa shape index (κ1) is 41.3. The van der Waals surface area contributed by atoms with Gasteiger partial charge in [-0.25, -0.2) is 0 Å². The second-order valence-electron chi connectivity index (χ2n) is 19.0. The Kier molecular flexibility index (Phi) is 9.39. The third kappa shape index (κ3) is 6.38. The number of para-hydroxylation sites is 6. The number of rotatable bonds is 6. The van der Waals surface area contributed by atoms with Crippen LogP contribution in [-0.4, -0.2) is 18.0 Å². The van der Waals surface area contributed by atoms with E-state index in [2.05, 4.69) is 264 Å². The van der Waals surface area contributed by atoms with Crippen LogP contribution >= 0.6 is 0 Å². The molecule has 0 N–H and O–H groups in total. The zero-order chi connectivity index (χ0) is 48.0. The molecule has 0 saturated heterocycles. The van der Waals surface area contributed by atoms with Crippen LogP contribution in [0, 0.1) is 0 Å². The van der Waals surface area contributed by atoms with E-state index in [1.54, 1.807) is 0 Å². The van der Waals surface area contributed by atoms with Gasteiger partial charge in [-0.05, 0) is 87.8 Å². The minimum absolute atomic E-state index is 0.325. The summed E-state index contributed by atoms with van der Waals surface area (Å²) in [5.74, 6) is 4.42. The first-order chi connectivity index (χ1) is 36.3. The van der Waals surface area contributed by atoms with Crippen LogP contribution in [0.15, 0.2) is 255 Å². The van der Waals surface area contributed by atoms with Crippen molar-refractivity contribution < 1.29 is 14.2 Å². The summed E-state index contributed by atoms with van der Waals surface area (Å²) in [6, 6.07) is 90.7. The van der Waals surface area contributed by atoms with Crippen molar-refractivity contribution in [2.75, 3.05) is 4.90 Å². The summed E-state index contributed by atoms with van der Waals surface area (Å²) in [7, 11) is 0. The highest BCUT2D eigenvalue weighted by molar-refractivity contribution is 7.01. The molecule has 0 unspecified atom stereocenters. The van der Waals surface area contributed by atoms with Crippen molar-refractivity contribution in [1.29, 1.82) is 0 Å². The number of ether oxygens (including phenoxy) is 3. The Bertz CT molecular complexity index is 3990. The standard InChI is InChI=1S/C66H42B2N2O3/c1-3-22-43(23-4-1)47-28-7-11-32-51(47)67-53-34-13-18-39-58(53)71-64-61-65(72-59-40-19-14-35-54(59)68(61)52-33-12-8-29-48(52)44-24-5-2-6-25-44)63-66(62(64)67)73-60-41-20-17-38-57(60)70(63)46-27-21-26-45(42-46)69-55-36-15-9-30-49(55)50-31-10-16-37-56(50)69/h1-42H. The molecule has 1 aromatic heterocycles. The number of nitrogens with zero attached hydrogens (tertiary/aromatic N) is 2. The molecule has 12 aromatic rings. The molecule has 340 valence electrons. The Morgan fingerprint density at radius 1 is 0.315 bits per heavy atom. The van der Waals surface area contributed by atoms with Crippen molar-refractivity contribution in [1.82, 2.24) is 4.57 Å². The molecule has 0 radical (unpaired) electrons. The summed E-state index contributed by atoms with van der Waals surface area (Å²) in [6.07, 6.45) is 0. The quantitative estimate of drug-likeness (QED) is 0.156. The van der Waals surface area contributed by atoms with Crippen molar-refractivity contribution in [3.63, 3.8) is 0 Å². The Labute approximate surface area is 423 Å². The Morgan fingerprint density at radius 3 is 1.32 bits per heavy atom. The van der Waals surface area contributed by atoms with Gasteiger partial charge in [-0.15, -0.1) is 0 Å². The third-order valence-electron chi connectivity index (χ3n) is 15.1. The predicted octanol–water partition coefficient (Wildman–Crippen LogP) is 12.9. The molecular weight excluding hydrogens is 890 g/mol. The van der Waals surface area contributed by atoms with E-state index >= 15 is 0 Å². The summed E-state index contributed by atoms with van der Waals surface area (Å²) >= 11 is 0. The first-order valence-corrected chi connectivity index (χ1v) is 25.0. The topological polar surface area (TPSA) is 35.9 Å². The van der Waals surface area contributed by atoms with Crippen LogP contribution in [0.5, 0.6) is 34.5 Å². The zero-order valence-corrected chi connectivity index (χ0v) is 39.5. The average molecular weight is 933 g/mol. The van der Waals surface area contributed by atoms with E-state index in [0.717, 1.165) is 112 Å². The van der Waals surface area contributed by atoms with Gasteiger partial charge in [-0.1, -0.05) is 211 Å². The van der Waals surface area contributed by atoms with Gasteiger partial charge < -0.3 is 23.7 Å². The lowest BCUT2D eigenvalue weighted by molar-refractivity contribution is 0.445. The second-order valence-corrected chi connectivity index (χ2v) is 19.0. The molecule has 0 aliphatic carbocycles. The third-order valence-corrected chi connectivity index (χ3v) is 15.1. The fourth-order valence-electron chi connectivity index (χ4n) is 12.0. The van der Waals surface area contributed by atoms with Gasteiger partial charge in [0, 0.05) is 33.1 Å². The molecule has 0 atom stereocenters. The zero-order valence-electron chi connectivity index (χ0n) is 39.5. The summed E-state index contributed by atoms with van der Waals surface area (Å²) < 4.78 is 25.0. The van der Waals surface area contributed by atoms with Gasteiger partial charge in [0.2, 0.25) is 0 Å². The Morgan fingerprint density at radius 2 is 0.740 bits per heavy atom. The van der Waals surface area contributed by atoms with Crippen LogP contribution in [0.25, 0.3) is 49.7 Å². The lowest BCUT2D eigenvalue weighted by Gasteiger charge is -2.41. The molecule has 0 bridgehead atoms. The van der Waals surface area contributed by atoms with Gasteiger partial charge in [-0.3, -0.25) is 0 Å². The minimum atomic E-state index is -0.325. The number of anilines is 3. The molecule has 4 heterocycles. The van der Waals surface area contributed by atoms with E-state index in [0.29, 0.717) is 11.5 Å². The fourth-order valence-corrected chi connectivity index (χ4v) is 12.0. The smallest absolute Gasteiger partial charge is 0.256 e. The maximum Gasteiger partial charge on any atom is 0.256 e. The van der Waals surface area contributed by atoms with Crippen LogP contribution in [0.4, 0.5) is 17.1 Å². The molecule has 73 heavy (non-hydrogen) atoms. The molecule has 5 nitrogen and oxygen atoms in total. The second kappa shape index (κ2) is 16.6. The molecule has 15 rings (SSSR count). The predicted molar refractivity (Wildman–Crippen MR) is 302 cm³/mol. The number of hydrogen-bond donors (Lipinski definition) is 0. The van der Waals surface area contributed by atoms with Gasteiger partial charge in [-0.2, -0.15) is 0 Å².